The first kappa shape index (κ1) is 28.7. The average Bonchev–Trinajstić information content (AvgIpc) is 3.50. The number of H-pyrrole nitrogens is 1. The molecule has 3 amide bonds. The van der Waals surface area contributed by atoms with E-state index in [1.807, 2.05) is 89.3 Å². The molecular formula is C33H42N4O4. The normalized spacial score (nSPS) is 19.5. The molecule has 0 bridgehead atoms. The molecule has 2 aromatic carbocycles. The van der Waals surface area contributed by atoms with Crippen LogP contribution in [-0.2, 0) is 19.7 Å². The van der Waals surface area contributed by atoms with Crippen molar-refractivity contribution < 1.29 is 19.1 Å². The zero-order valence-electron chi connectivity index (χ0n) is 25.0. The van der Waals surface area contributed by atoms with E-state index in [9.17, 15) is 14.4 Å². The number of fused-ring (bicyclic) bond motifs is 3. The maximum Gasteiger partial charge on any atom is 0.408 e. The molecule has 8 heteroatoms. The van der Waals surface area contributed by atoms with Gasteiger partial charge < -0.3 is 24.8 Å². The van der Waals surface area contributed by atoms with E-state index in [2.05, 4.69) is 22.4 Å². The lowest BCUT2D eigenvalue weighted by Gasteiger charge is -2.42. The summed E-state index contributed by atoms with van der Waals surface area (Å²) in [6.45, 7) is 8.52. The Kier molecular flexibility index (Phi) is 7.62. The number of aromatic amines is 1. The molecule has 8 nitrogen and oxygen atoms in total. The summed E-state index contributed by atoms with van der Waals surface area (Å²) in [5, 5.41) is 3.95. The van der Waals surface area contributed by atoms with Crippen LogP contribution >= 0.6 is 0 Å². The summed E-state index contributed by atoms with van der Waals surface area (Å²) in [5.41, 5.74) is 3.49. The Labute approximate surface area is 242 Å². The molecule has 218 valence electrons. The number of likely N-dealkylation sites (tertiary alicyclic amines) is 1. The fourth-order valence-electron chi connectivity index (χ4n) is 6.74. The third-order valence-electron chi connectivity index (χ3n) is 8.82. The Morgan fingerprint density at radius 2 is 1.71 bits per heavy atom. The van der Waals surface area contributed by atoms with Gasteiger partial charge >= 0.3 is 6.09 Å². The number of alkyl carbamates (subject to hydrolysis) is 1. The summed E-state index contributed by atoms with van der Waals surface area (Å²) in [7, 11) is 3.62. The predicted octanol–water partition coefficient (Wildman–Crippen LogP) is 5.30. The minimum Gasteiger partial charge on any atom is -0.444 e. The SMILES string of the molecule is CC(c1c[nH]c2ccccc12)C(NC(=O)OC(C)(C)C)C(=O)N1CCC2(CC1)C[C@@H](C(=O)N(C)C)c1ccccc12. The van der Waals surface area contributed by atoms with Crippen LogP contribution in [0, 0.1) is 0 Å². The van der Waals surface area contributed by atoms with Gasteiger partial charge in [0.25, 0.3) is 0 Å². The first-order chi connectivity index (χ1) is 19.4. The highest BCUT2D eigenvalue weighted by Crippen LogP contribution is 2.52. The molecule has 2 heterocycles. The van der Waals surface area contributed by atoms with Gasteiger partial charge in [-0.1, -0.05) is 49.4 Å². The quantitative estimate of drug-likeness (QED) is 0.444. The average molecular weight is 559 g/mol. The highest BCUT2D eigenvalue weighted by Gasteiger charge is 2.49. The maximum atomic E-state index is 14.2. The fourth-order valence-corrected chi connectivity index (χ4v) is 6.74. The fraction of sp³-hybridized carbons (Fsp3) is 0.485. The molecule has 1 spiro atoms. The summed E-state index contributed by atoms with van der Waals surface area (Å²) in [5.74, 6) is -0.444. The number of amides is 3. The predicted molar refractivity (Wildman–Crippen MR) is 160 cm³/mol. The molecule has 41 heavy (non-hydrogen) atoms. The van der Waals surface area contributed by atoms with E-state index in [1.54, 1.807) is 4.90 Å². The van der Waals surface area contributed by atoms with Gasteiger partial charge in [-0.05, 0) is 62.8 Å². The van der Waals surface area contributed by atoms with Crippen LogP contribution in [0.2, 0.25) is 0 Å². The Hall–Kier alpha value is -3.81. The molecule has 0 saturated carbocycles. The molecule has 1 saturated heterocycles. The van der Waals surface area contributed by atoms with Crippen molar-refractivity contribution in [3.05, 3.63) is 71.4 Å². The molecule has 1 fully saturated rings. The van der Waals surface area contributed by atoms with E-state index in [1.165, 1.54) is 5.56 Å². The topological polar surface area (TPSA) is 94.7 Å². The third kappa shape index (κ3) is 5.56. The number of carbonyl (C=O) groups is 3. The van der Waals surface area contributed by atoms with Crippen LogP contribution in [0.15, 0.2) is 54.7 Å². The number of rotatable bonds is 5. The lowest BCUT2D eigenvalue weighted by molar-refractivity contribution is -0.136. The van der Waals surface area contributed by atoms with E-state index < -0.39 is 17.7 Å². The van der Waals surface area contributed by atoms with E-state index >= 15 is 0 Å². The number of ether oxygens (including phenoxy) is 1. The number of nitrogens with zero attached hydrogens (tertiary/aromatic N) is 2. The van der Waals surface area contributed by atoms with Crippen LogP contribution in [0.5, 0.6) is 0 Å². The number of hydrogen-bond donors (Lipinski definition) is 2. The van der Waals surface area contributed by atoms with E-state index in [-0.39, 0.29) is 29.1 Å². The van der Waals surface area contributed by atoms with E-state index in [0.717, 1.165) is 41.3 Å². The molecular weight excluding hydrogens is 516 g/mol. The number of piperidine rings is 1. The van der Waals surface area contributed by atoms with Crippen LogP contribution in [0.25, 0.3) is 10.9 Å². The van der Waals surface area contributed by atoms with Gasteiger partial charge in [0.1, 0.15) is 11.6 Å². The van der Waals surface area contributed by atoms with Crippen molar-refractivity contribution in [3.8, 4) is 0 Å². The number of carbonyl (C=O) groups excluding carboxylic acids is 3. The Bertz CT molecular complexity index is 1440. The van der Waals surface area contributed by atoms with Crippen molar-refractivity contribution in [1.82, 2.24) is 20.1 Å². The lowest BCUT2D eigenvalue weighted by atomic mass is 9.73. The number of benzene rings is 2. The molecule has 2 aliphatic rings. The monoisotopic (exact) mass is 558 g/mol. The summed E-state index contributed by atoms with van der Waals surface area (Å²) in [4.78, 5) is 47.0. The highest BCUT2D eigenvalue weighted by molar-refractivity contribution is 5.90. The molecule has 3 aromatic rings. The number of nitrogens with one attached hydrogen (secondary N) is 2. The van der Waals surface area contributed by atoms with Crippen molar-refractivity contribution in [2.24, 2.45) is 0 Å². The van der Waals surface area contributed by atoms with Crippen molar-refractivity contribution in [2.75, 3.05) is 27.2 Å². The van der Waals surface area contributed by atoms with Crippen molar-refractivity contribution >= 4 is 28.8 Å². The molecule has 2 N–H and O–H groups in total. The van der Waals surface area contributed by atoms with Crippen molar-refractivity contribution in [1.29, 1.82) is 0 Å². The van der Waals surface area contributed by atoms with Crippen LogP contribution in [-0.4, -0.2) is 71.5 Å². The minimum atomic E-state index is -0.794. The van der Waals surface area contributed by atoms with Gasteiger partial charge in [-0.2, -0.15) is 0 Å². The molecule has 1 aromatic heterocycles. The number of hydrogen-bond acceptors (Lipinski definition) is 4. The van der Waals surface area contributed by atoms with Crippen molar-refractivity contribution in [2.45, 2.75) is 75.9 Å². The second-order valence-corrected chi connectivity index (χ2v) is 12.9. The highest BCUT2D eigenvalue weighted by atomic mass is 16.6. The zero-order valence-corrected chi connectivity index (χ0v) is 25.0. The third-order valence-corrected chi connectivity index (χ3v) is 8.82. The summed E-state index contributed by atoms with van der Waals surface area (Å²) < 4.78 is 5.56. The molecule has 1 aliphatic carbocycles. The van der Waals surface area contributed by atoms with Gasteiger partial charge in [0, 0.05) is 55.6 Å². The lowest BCUT2D eigenvalue weighted by Crippen LogP contribution is -2.55. The first-order valence-electron chi connectivity index (χ1n) is 14.5. The smallest absolute Gasteiger partial charge is 0.408 e. The van der Waals surface area contributed by atoms with Crippen LogP contribution in [0.3, 0.4) is 0 Å². The maximum absolute atomic E-state index is 14.2. The van der Waals surface area contributed by atoms with Crippen LogP contribution in [0.1, 0.15) is 75.5 Å². The van der Waals surface area contributed by atoms with Gasteiger partial charge in [0.05, 0.1) is 5.92 Å². The van der Waals surface area contributed by atoms with Gasteiger partial charge in [0.2, 0.25) is 11.8 Å². The van der Waals surface area contributed by atoms with Crippen LogP contribution in [0.4, 0.5) is 4.79 Å². The van der Waals surface area contributed by atoms with Crippen LogP contribution < -0.4 is 5.32 Å². The molecule has 1 aliphatic heterocycles. The number of aromatic nitrogens is 1. The summed E-state index contributed by atoms with van der Waals surface area (Å²) in [6.07, 6.45) is 3.62. The Balaban J connectivity index is 1.38. The summed E-state index contributed by atoms with van der Waals surface area (Å²) >= 11 is 0. The first-order valence-corrected chi connectivity index (χ1v) is 14.5. The van der Waals surface area contributed by atoms with Gasteiger partial charge in [-0.15, -0.1) is 0 Å². The van der Waals surface area contributed by atoms with E-state index in [4.69, 9.17) is 4.74 Å². The second kappa shape index (κ2) is 10.9. The molecule has 3 atom stereocenters. The summed E-state index contributed by atoms with van der Waals surface area (Å²) in [6, 6.07) is 15.5. The van der Waals surface area contributed by atoms with Gasteiger partial charge in [-0.3, -0.25) is 9.59 Å². The standard InChI is InChI=1S/C33H42N4O4/c1-21(25-20-34-27-14-10-8-12-23(25)27)28(35-31(40)41-32(2,3)4)30(39)37-17-15-33(16-18-37)19-24(29(38)36(5)6)22-11-7-9-13-26(22)33/h7-14,20-21,24,28,34H,15-19H2,1-6H3,(H,35,40)/t21?,24-,28?/m1/s1. The minimum absolute atomic E-state index is 0.115. The molecule has 5 rings (SSSR count). The number of para-hydroxylation sites is 1. The van der Waals surface area contributed by atoms with Gasteiger partial charge in [0.15, 0.2) is 0 Å². The Morgan fingerprint density at radius 3 is 2.39 bits per heavy atom. The zero-order chi connectivity index (χ0) is 29.5. The van der Waals surface area contributed by atoms with Crippen molar-refractivity contribution in [3.63, 3.8) is 0 Å². The Morgan fingerprint density at radius 1 is 1.05 bits per heavy atom. The van der Waals surface area contributed by atoms with Gasteiger partial charge in [-0.25, -0.2) is 4.79 Å². The molecule has 0 radical (unpaired) electrons. The van der Waals surface area contributed by atoms with E-state index in [0.29, 0.717) is 13.1 Å². The number of likely N-dealkylation sites (N-methyl/N-ethyl adjacent to an activating group) is 1. The molecule has 2 unspecified atom stereocenters. The largest absolute Gasteiger partial charge is 0.444 e. The second-order valence-electron chi connectivity index (χ2n) is 12.9.